The standard InChI is InChI=1S/C20H17NO7S2/c1-29(25,26)16-8-5-13(6-9-16)14-3-2-4-17(11-14)30(27,28)21-15-7-10-18(20(23)24)19(22)12-15/h2-12,21-22H,1H3,(H,23,24). The van der Waals surface area contributed by atoms with E-state index in [2.05, 4.69) is 4.72 Å². The molecule has 0 saturated heterocycles. The van der Waals surface area contributed by atoms with Crippen LogP contribution in [0.15, 0.2) is 76.5 Å². The quantitative estimate of drug-likeness (QED) is 0.528. The fraction of sp³-hybridized carbons (Fsp3) is 0.0500. The third kappa shape index (κ3) is 4.61. The lowest BCUT2D eigenvalue weighted by Crippen LogP contribution is -2.13. The van der Waals surface area contributed by atoms with Crippen LogP contribution in [0.4, 0.5) is 5.69 Å². The van der Waals surface area contributed by atoms with Crippen molar-refractivity contribution in [3.8, 4) is 16.9 Å². The Hall–Kier alpha value is -3.37. The molecule has 0 spiro atoms. The Morgan fingerprint density at radius 2 is 1.50 bits per heavy atom. The van der Waals surface area contributed by atoms with E-state index in [4.69, 9.17) is 5.11 Å². The van der Waals surface area contributed by atoms with Crippen molar-refractivity contribution in [2.24, 2.45) is 0 Å². The van der Waals surface area contributed by atoms with Gasteiger partial charge in [0.25, 0.3) is 10.0 Å². The van der Waals surface area contributed by atoms with Crippen LogP contribution in [0.2, 0.25) is 0 Å². The minimum absolute atomic E-state index is 0.000378. The van der Waals surface area contributed by atoms with Crippen LogP contribution < -0.4 is 4.72 Å². The molecule has 3 rings (SSSR count). The molecule has 0 aliphatic rings. The number of carboxylic acid groups (broad SMARTS) is 1. The van der Waals surface area contributed by atoms with Crippen LogP contribution in [0.5, 0.6) is 5.75 Å². The second-order valence-corrected chi connectivity index (χ2v) is 10.2. The predicted molar refractivity (Wildman–Crippen MR) is 111 cm³/mol. The first-order valence-electron chi connectivity index (χ1n) is 8.47. The maximum absolute atomic E-state index is 12.7. The van der Waals surface area contributed by atoms with Gasteiger partial charge in [-0.25, -0.2) is 21.6 Å². The summed E-state index contributed by atoms with van der Waals surface area (Å²) in [5, 5.41) is 18.7. The van der Waals surface area contributed by atoms with Crippen LogP contribution >= 0.6 is 0 Å². The molecule has 0 aromatic heterocycles. The number of hydrogen-bond acceptors (Lipinski definition) is 6. The number of rotatable bonds is 6. The molecule has 0 unspecified atom stereocenters. The molecular weight excluding hydrogens is 430 g/mol. The molecule has 0 atom stereocenters. The minimum atomic E-state index is -4.03. The Bertz CT molecular complexity index is 1330. The number of aromatic carboxylic acids is 1. The number of phenols is 1. The second kappa shape index (κ2) is 7.81. The fourth-order valence-electron chi connectivity index (χ4n) is 2.73. The summed E-state index contributed by atoms with van der Waals surface area (Å²) in [6.45, 7) is 0. The molecule has 0 radical (unpaired) electrons. The van der Waals surface area contributed by atoms with E-state index in [-0.39, 0.29) is 21.0 Å². The van der Waals surface area contributed by atoms with Crippen molar-refractivity contribution in [1.29, 1.82) is 0 Å². The normalized spacial score (nSPS) is 11.8. The SMILES string of the molecule is CS(=O)(=O)c1ccc(-c2cccc(S(=O)(=O)Nc3ccc(C(=O)O)c(O)c3)c2)cc1. The van der Waals surface area contributed by atoms with Crippen molar-refractivity contribution in [2.45, 2.75) is 9.79 Å². The predicted octanol–water partition coefficient (Wildman–Crippen LogP) is 2.96. The number of carboxylic acids is 1. The smallest absolute Gasteiger partial charge is 0.339 e. The lowest BCUT2D eigenvalue weighted by Gasteiger charge is -2.11. The summed E-state index contributed by atoms with van der Waals surface area (Å²) in [6.07, 6.45) is 1.10. The molecule has 0 amide bonds. The van der Waals surface area contributed by atoms with Gasteiger partial charge in [-0.1, -0.05) is 24.3 Å². The Labute approximate surface area is 173 Å². The number of carbonyl (C=O) groups is 1. The molecule has 3 N–H and O–H groups in total. The Morgan fingerprint density at radius 1 is 0.833 bits per heavy atom. The third-order valence-corrected chi connectivity index (χ3v) is 6.75. The highest BCUT2D eigenvalue weighted by Crippen LogP contribution is 2.27. The van der Waals surface area contributed by atoms with E-state index in [1.165, 1.54) is 30.3 Å². The van der Waals surface area contributed by atoms with Gasteiger partial charge in [0.15, 0.2) is 9.84 Å². The molecule has 3 aromatic rings. The molecule has 0 heterocycles. The summed E-state index contributed by atoms with van der Waals surface area (Å²) in [4.78, 5) is 11.0. The van der Waals surface area contributed by atoms with Gasteiger partial charge in [-0.05, 0) is 47.5 Å². The van der Waals surface area contributed by atoms with Gasteiger partial charge >= 0.3 is 5.97 Å². The molecule has 0 fully saturated rings. The lowest BCUT2D eigenvalue weighted by molar-refractivity contribution is 0.0693. The van der Waals surface area contributed by atoms with Crippen LogP contribution in [0, 0.1) is 0 Å². The van der Waals surface area contributed by atoms with Gasteiger partial charge in [-0.2, -0.15) is 0 Å². The molecule has 156 valence electrons. The molecular formula is C20H17NO7S2. The van der Waals surface area contributed by atoms with Crippen molar-refractivity contribution >= 4 is 31.5 Å². The Kier molecular flexibility index (Phi) is 5.55. The lowest BCUT2D eigenvalue weighted by atomic mass is 10.1. The molecule has 3 aromatic carbocycles. The number of aromatic hydroxyl groups is 1. The number of nitrogens with one attached hydrogen (secondary N) is 1. The molecule has 0 aliphatic heterocycles. The van der Waals surface area contributed by atoms with Crippen LogP contribution in [0.25, 0.3) is 11.1 Å². The highest BCUT2D eigenvalue weighted by Gasteiger charge is 2.17. The van der Waals surface area contributed by atoms with Crippen molar-refractivity contribution in [1.82, 2.24) is 0 Å². The zero-order chi connectivity index (χ0) is 22.1. The summed E-state index contributed by atoms with van der Waals surface area (Å²) in [5.74, 6) is -1.90. The van der Waals surface area contributed by atoms with Gasteiger partial charge in [-0.3, -0.25) is 4.72 Å². The summed E-state index contributed by atoms with van der Waals surface area (Å²) in [5.41, 5.74) is 0.836. The first-order valence-corrected chi connectivity index (χ1v) is 11.8. The van der Waals surface area contributed by atoms with Crippen molar-refractivity contribution in [3.63, 3.8) is 0 Å². The first-order chi connectivity index (χ1) is 14.0. The second-order valence-electron chi connectivity index (χ2n) is 6.47. The Balaban J connectivity index is 1.91. The fourth-order valence-corrected chi connectivity index (χ4v) is 4.45. The van der Waals surface area contributed by atoms with E-state index in [1.54, 1.807) is 24.3 Å². The molecule has 0 aliphatic carbocycles. The summed E-state index contributed by atoms with van der Waals surface area (Å²) in [6, 6.07) is 15.4. The van der Waals surface area contributed by atoms with Crippen LogP contribution in [-0.4, -0.2) is 39.3 Å². The summed E-state index contributed by atoms with van der Waals surface area (Å²) < 4.78 is 50.9. The van der Waals surface area contributed by atoms with Crippen LogP contribution in [-0.2, 0) is 19.9 Å². The van der Waals surface area contributed by atoms with Crippen LogP contribution in [0.3, 0.4) is 0 Å². The molecule has 8 nitrogen and oxygen atoms in total. The van der Waals surface area contributed by atoms with Gasteiger partial charge in [0.05, 0.1) is 15.5 Å². The molecule has 0 saturated carbocycles. The first kappa shape index (κ1) is 21.3. The molecule has 30 heavy (non-hydrogen) atoms. The van der Waals surface area contributed by atoms with E-state index in [1.807, 2.05) is 0 Å². The van der Waals surface area contributed by atoms with Crippen molar-refractivity contribution < 1.29 is 31.8 Å². The third-order valence-electron chi connectivity index (χ3n) is 4.24. The average Bonchev–Trinajstić information content (AvgIpc) is 2.67. The van der Waals surface area contributed by atoms with E-state index in [0.717, 1.165) is 18.4 Å². The highest BCUT2D eigenvalue weighted by atomic mass is 32.2. The van der Waals surface area contributed by atoms with Crippen molar-refractivity contribution in [2.75, 3.05) is 11.0 Å². The van der Waals surface area contributed by atoms with Gasteiger partial charge in [0.1, 0.15) is 11.3 Å². The highest BCUT2D eigenvalue weighted by molar-refractivity contribution is 7.92. The van der Waals surface area contributed by atoms with Gasteiger partial charge in [0, 0.05) is 12.3 Å². The van der Waals surface area contributed by atoms with E-state index < -0.39 is 31.6 Å². The monoisotopic (exact) mass is 447 g/mol. The summed E-state index contributed by atoms with van der Waals surface area (Å²) in [7, 11) is -7.37. The molecule has 0 bridgehead atoms. The van der Waals surface area contributed by atoms with E-state index in [9.17, 15) is 26.7 Å². The number of anilines is 1. The number of sulfonamides is 1. The number of hydrogen-bond donors (Lipinski definition) is 3. The zero-order valence-electron chi connectivity index (χ0n) is 15.6. The van der Waals surface area contributed by atoms with E-state index >= 15 is 0 Å². The van der Waals surface area contributed by atoms with Crippen LogP contribution in [0.1, 0.15) is 10.4 Å². The maximum Gasteiger partial charge on any atom is 0.339 e. The van der Waals surface area contributed by atoms with E-state index in [0.29, 0.717) is 11.1 Å². The maximum atomic E-state index is 12.7. The number of benzene rings is 3. The average molecular weight is 447 g/mol. The zero-order valence-corrected chi connectivity index (χ0v) is 17.2. The minimum Gasteiger partial charge on any atom is -0.507 e. The van der Waals surface area contributed by atoms with Gasteiger partial charge in [0.2, 0.25) is 0 Å². The number of sulfone groups is 1. The Morgan fingerprint density at radius 3 is 2.07 bits per heavy atom. The molecule has 10 heteroatoms. The largest absolute Gasteiger partial charge is 0.507 e. The summed E-state index contributed by atoms with van der Waals surface area (Å²) >= 11 is 0. The van der Waals surface area contributed by atoms with Crippen molar-refractivity contribution in [3.05, 3.63) is 72.3 Å². The van der Waals surface area contributed by atoms with Gasteiger partial charge < -0.3 is 10.2 Å². The topological polar surface area (TPSA) is 138 Å². The van der Waals surface area contributed by atoms with Gasteiger partial charge in [-0.15, -0.1) is 0 Å².